The van der Waals surface area contributed by atoms with Crippen LogP contribution in [0.4, 0.5) is 13.2 Å². The Morgan fingerprint density at radius 2 is 2.03 bits per heavy atom. The van der Waals surface area contributed by atoms with Gasteiger partial charge in [0.1, 0.15) is 17.1 Å². The number of carbonyl (C=O) groups is 1. The van der Waals surface area contributed by atoms with E-state index >= 15 is 0 Å². The van der Waals surface area contributed by atoms with Gasteiger partial charge in [-0.05, 0) is 31.0 Å². The molecule has 156 valence electrons. The number of aryl methyl sites for hydroxylation is 1. The normalized spacial score (nSPS) is 16.1. The molecule has 0 fully saturated rings. The number of oxazole rings is 1. The number of fused-ring (bicyclic) bond motifs is 1. The van der Waals surface area contributed by atoms with Crippen molar-refractivity contribution >= 4 is 5.91 Å². The van der Waals surface area contributed by atoms with Crippen molar-refractivity contribution in [2.75, 3.05) is 7.11 Å². The van der Waals surface area contributed by atoms with E-state index in [9.17, 15) is 18.0 Å². The van der Waals surface area contributed by atoms with Gasteiger partial charge in [-0.1, -0.05) is 0 Å². The molecule has 30 heavy (non-hydrogen) atoms. The lowest BCUT2D eigenvalue weighted by Crippen LogP contribution is -2.31. The average molecular weight is 418 g/mol. The summed E-state index contributed by atoms with van der Waals surface area (Å²) in [5, 5.41) is 2.91. The van der Waals surface area contributed by atoms with Crippen LogP contribution in [0.5, 0.6) is 5.88 Å². The van der Waals surface area contributed by atoms with Gasteiger partial charge in [-0.2, -0.15) is 13.2 Å². The molecule has 1 aliphatic rings. The molecule has 1 amide bonds. The summed E-state index contributed by atoms with van der Waals surface area (Å²) in [6, 6.07) is 4.97. The molecule has 1 aliphatic carbocycles. The Hall–Kier alpha value is -3.43. The second-order valence-electron chi connectivity index (χ2n) is 6.76. The Labute approximate surface area is 169 Å². The Balaban J connectivity index is 1.59. The van der Waals surface area contributed by atoms with Gasteiger partial charge in [0.2, 0.25) is 11.8 Å². The minimum Gasteiger partial charge on any atom is -0.481 e. The van der Waals surface area contributed by atoms with Crippen molar-refractivity contribution in [3.63, 3.8) is 0 Å². The van der Waals surface area contributed by atoms with Gasteiger partial charge in [0, 0.05) is 36.0 Å². The van der Waals surface area contributed by atoms with Gasteiger partial charge < -0.3 is 14.5 Å². The number of alkyl halides is 3. The molecule has 7 nitrogen and oxygen atoms in total. The third-order valence-electron chi connectivity index (χ3n) is 4.76. The van der Waals surface area contributed by atoms with Crippen molar-refractivity contribution in [3.8, 4) is 17.3 Å². The molecule has 0 spiro atoms. The van der Waals surface area contributed by atoms with E-state index in [-0.39, 0.29) is 17.4 Å². The number of pyridine rings is 2. The summed E-state index contributed by atoms with van der Waals surface area (Å²) in [5.41, 5.74) is 0.0565. The van der Waals surface area contributed by atoms with Crippen LogP contribution in [0.2, 0.25) is 0 Å². The molecule has 0 radical (unpaired) electrons. The summed E-state index contributed by atoms with van der Waals surface area (Å²) in [7, 11) is 1.46. The number of rotatable bonds is 4. The van der Waals surface area contributed by atoms with Gasteiger partial charge in [0.15, 0.2) is 0 Å². The molecule has 0 aromatic carbocycles. The fourth-order valence-corrected chi connectivity index (χ4v) is 3.30. The molecule has 0 saturated heterocycles. The first kappa shape index (κ1) is 19.9. The number of ether oxygens (including phenoxy) is 1. The summed E-state index contributed by atoms with van der Waals surface area (Å²) in [6.45, 7) is 0. The molecule has 0 saturated carbocycles. The molecule has 0 aliphatic heterocycles. The third-order valence-corrected chi connectivity index (χ3v) is 4.76. The fourth-order valence-electron chi connectivity index (χ4n) is 3.30. The topological polar surface area (TPSA) is 90.1 Å². The molecule has 0 bridgehead atoms. The number of hydrogen-bond acceptors (Lipinski definition) is 6. The number of hydrogen-bond donors (Lipinski definition) is 1. The van der Waals surface area contributed by atoms with E-state index < -0.39 is 17.9 Å². The highest BCUT2D eigenvalue weighted by molar-refractivity contribution is 5.94. The van der Waals surface area contributed by atoms with Gasteiger partial charge in [-0.15, -0.1) is 0 Å². The number of aromatic nitrogens is 3. The SMILES string of the molecule is COc1cc(C(=O)N[C@H]2CCCc3oc(-c4ccnc(C(F)(F)F)c4)nc32)ccn1. The Morgan fingerprint density at radius 3 is 2.80 bits per heavy atom. The minimum atomic E-state index is -4.57. The van der Waals surface area contributed by atoms with Crippen LogP contribution < -0.4 is 10.1 Å². The number of amides is 1. The highest BCUT2D eigenvalue weighted by Crippen LogP contribution is 2.35. The zero-order valence-corrected chi connectivity index (χ0v) is 15.9. The first-order chi connectivity index (χ1) is 14.3. The van der Waals surface area contributed by atoms with Crippen LogP contribution in [0.25, 0.3) is 11.5 Å². The second-order valence-corrected chi connectivity index (χ2v) is 6.76. The van der Waals surface area contributed by atoms with Crippen molar-refractivity contribution < 1.29 is 27.1 Å². The number of methoxy groups -OCH3 is 1. The first-order valence-corrected chi connectivity index (χ1v) is 9.19. The van der Waals surface area contributed by atoms with E-state index in [1.807, 2.05) is 0 Å². The maximum atomic E-state index is 13.0. The third kappa shape index (κ3) is 3.98. The fraction of sp³-hybridized carbons (Fsp3) is 0.300. The number of nitrogens with one attached hydrogen (secondary N) is 1. The second kappa shape index (κ2) is 7.77. The smallest absolute Gasteiger partial charge is 0.433 e. The van der Waals surface area contributed by atoms with E-state index in [1.165, 1.54) is 25.4 Å². The van der Waals surface area contributed by atoms with E-state index in [4.69, 9.17) is 9.15 Å². The lowest BCUT2D eigenvalue weighted by Gasteiger charge is -2.21. The summed E-state index contributed by atoms with van der Waals surface area (Å²) < 4.78 is 49.6. The molecular formula is C20H17F3N4O3. The molecule has 0 unspecified atom stereocenters. The van der Waals surface area contributed by atoms with Crippen molar-refractivity contribution in [1.82, 2.24) is 20.3 Å². The van der Waals surface area contributed by atoms with Gasteiger partial charge in [-0.25, -0.2) is 9.97 Å². The highest BCUT2D eigenvalue weighted by Gasteiger charge is 2.33. The maximum absolute atomic E-state index is 13.0. The molecule has 3 heterocycles. The molecule has 1 atom stereocenters. The zero-order chi connectivity index (χ0) is 21.3. The van der Waals surface area contributed by atoms with Crippen LogP contribution in [0, 0.1) is 0 Å². The Kier molecular flexibility index (Phi) is 5.15. The van der Waals surface area contributed by atoms with Crippen LogP contribution in [0.3, 0.4) is 0 Å². The predicted octanol–water partition coefficient (Wildman–Crippen LogP) is 3.97. The standard InChI is InChI=1S/C20H17F3N4O3/c1-29-16-10-11(5-8-25-16)18(28)26-13-3-2-4-14-17(13)27-19(30-14)12-6-7-24-15(9-12)20(21,22)23/h5-10,13H,2-4H2,1H3,(H,26,28)/t13-/m0/s1. The first-order valence-electron chi connectivity index (χ1n) is 9.19. The summed E-state index contributed by atoms with van der Waals surface area (Å²) in [4.78, 5) is 24.4. The highest BCUT2D eigenvalue weighted by atomic mass is 19.4. The van der Waals surface area contributed by atoms with E-state index in [1.54, 1.807) is 6.07 Å². The van der Waals surface area contributed by atoms with Gasteiger partial charge in [0.05, 0.1) is 13.2 Å². The Bertz CT molecular complexity index is 1080. The van der Waals surface area contributed by atoms with Crippen LogP contribution in [-0.4, -0.2) is 28.0 Å². The number of halogens is 3. The van der Waals surface area contributed by atoms with Crippen LogP contribution in [0.1, 0.15) is 46.4 Å². The monoisotopic (exact) mass is 418 g/mol. The van der Waals surface area contributed by atoms with E-state index in [2.05, 4.69) is 20.3 Å². The van der Waals surface area contributed by atoms with E-state index in [0.717, 1.165) is 18.7 Å². The zero-order valence-electron chi connectivity index (χ0n) is 15.9. The summed E-state index contributed by atoms with van der Waals surface area (Å²) >= 11 is 0. The van der Waals surface area contributed by atoms with Crippen molar-refractivity contribution in [2.45, 2.75) is 31.5 Å². The molecule has 1 N–H and O–H groups in total. The minimum absolute atomic E-state index is 0.0691. The number of carbonyl (C=O) groups excluding carboxylic acids is 1. The Morgan fingerprint density at radius 1 is 1.23 bits per heavy atom. The van der Waals surface area contributed by atoms with Crippen LogP contribution >= 0.6 is 0 Å². The summed E-state index contributed by atoms with van der Waals surface area (Å²) in [6.07, 6.45) is -0.0554. The quantitative estimate of drug-likeness (QED) is 0.690. The van der Waals surface area contributed by atoms with Gasteiger partial charge >= 0.3 is 6.18 Å². The predicted molar refractivity (Wildman–Crippen MR) is 98.7 cm³/mol. The molecule has 4 rings (SSSR count). The van der Waals surface area contributed by atoms with Crippen LogP contribution in [0.15, 0.2) is 41.1 Å². The maximum Gasteiger partial charge on any atom is 0.433 e. The van der Waals surface area contributed by atoms with Gasteiger partial charge in [0.25, 0.3) is 5.91 Å². The van der Waals surface area contributed by atoms with Crippen LogP contribution in [-0.2, 0) is 12.6 Å². The number of nitrogens with zero attached hydrogens (tertiary/aromatic N) is 3. The largest absolute Gasteiger partial charge is 0.481 e. The van der Waals surface area contributed by atoms with Crippen molar-refractivity contribution in [3.05, 3.63) is 59.4 Å². The molecule has 3 aromatic rings. The van der Waals surface area contributed by atoms with Crippen molar-refractivity contribution in [1.29, 1.82) is 0 Å². The van der Waals surface area contributed by atoms with Crippen molar-refractivity contribution in [2.24, 2.45) is 0 Å². The lowest BCUT2D eigenvalue weighted by molar-refractivity contribution is -0.141. The van der Waals surface area contributed by atoms with Gasteiger partial charge in [-0.3, -0.25) is 9.78 Å². The summed E-state index contributed by atoms with van der Waals surface area (Å²) in [5.74, 6) is 0.606. The molecule has 3 aromatic heterocycles. The molecule has 10 heteroatoms. The lowest BCUT2D eigenvalue weighted by atomic mass is 9.96. The molecular weight excluding hydrogens is 401 g/mol. The van der Waals surface area contributed by atoms with E-state index in [0.29, 0.717) is 35.7 Å². The average Bonchev–Trinajstić information content (AvgIpc) is 3.19.